The molecule has 0 aromatic rings. The van der Waals surface area contributed by atoms with E-state index >= 15 is 0 Å². The van der Waals surface area contributed by atoms with E-state index in [-0.39, 0.29) is 11.1 Å². The Morgan fingerprint density at radius 2 is 1.92 bits per heavy atom. The number of nitrogens with two attached hydrogens (primary N) is 2. The summed E-state index contributed by atoms with van der Waals surface area (Å²) in [5.41, 5.74) is 12.9. The van der Waals surface area contributed by atoms with Crippen LogP contribution in [-0.4, -0.2) is 11.1 Å². The molecule has 0 aromatic heterocycles. The third-order valence-corrected chi connectivity index (χ3v) is 4.85. The van der Waals surface area contributed by atoms with Crippen molar-refractivity contribution in [1.82, 2.24) is 0 Å². The van der Waals surface area contributed by atoms with Crippen molar-refractivity contribution >= 4 is 0 Å². The first kappa shape index (κ1) is 7.34. The second kappa shape index (κ2) is 1.88. The third kappa shape index (κ3) is 0.579. The normalized spacial score (nSPS) is 62.5. The molecule has 4 unspecified atom stereocenters. The Labute approximate surface area is 73.7 Å². The van der Waals surface area contributed by atoms with E-state index in [9.17, 15) is 0 Å². The third-order valence-electron chi connectivity index (χ3n) is 4.85. The van der Waals surface area contributed by atoms with Gasteiger partial charge in [-0.15, -0.1) is 0 Å². The molecule has 3 fully saturated rings. The SMILES string of the molecule is NC12CCC(C1)C1CCCC12N. The monoisotopic (exact) mass is 166 g/mol. The first-order valence-electron chi connectivity index (χ1n) is 5.23. The van der Waals surface area contributed by atoms with E-state index in [0.29, 0.717) is 0 Å². The van der Waals surface area contributed by atoms with Gasteiger partial charge in [0.1, 0.15) is 0 Å². The highest BCUT2D eigenvalue weighted by Gasteiger charge is 2.64. The summed E-state index contributed by atoms with van der Waals surface area (Å²) in [7, 11) is 0. The summed E-state index contributed by atoms with van der Waals surface area (Å²) in [6.45, 7) is 0. The molecule has 3 saturated carbocycles. The Morgan fingerprint density at radius 3 is 2.67 bits per heavy atom. The van der Waals surface area contributed by atoms with E-state index in [1.165, 1.54) is 38.5 Å². The minimum Gasteiger partial charge on any atom is -0.324 e. The Kier molecular flexibility index (Phi) is 1.15. The lowest BCUT2D eigenvalue weighted by molar-refractivity contribution is 0.181. The molecule has 4 N–H and O–H groups in total. The van der Waals surface area contributed by atoms with Gasteiger partial charge in [-0.05, 0) is 43.9 Å². The van der Waals surface area contributed by atoms with Gasteiger partial charge >= 0.3 is 0 Å². The molecule has 3 aliphatic carbocycles. The van der Waals surface area contributed by atoms with Crippen LogP contribution in [-0.2, 0) is 0 Å². The smallest absolute Gasteiger partial charge is 0.0368 e. The average Bonchev–Trinajstić information content (AvgIpc) is 2.58. The Bertz CT molecular complexity index is 228. The lowest BCUT2D eigenvalue weighted by Gasteiger charge is -2.42. The van der Waals surface area contributed by atoms with Gasteiger partial charge in [0, 0.05) is 11.1 Å². The summed E-state index contributed by atoms with van der Waals surface area (Å²) in [5, 5.41) is 0. The number of hydrogen-bond acceptors (Lipinski definition) is 2. The zero-order valence-corrected chi connectivity index (χ0v) is 7.55. The molecule has 0 radical (unpaired) electrons. The lowest BCUT2D eigenvalue weighted by Crippen LogP contribution is -2.64. The fraction of sp³-hybridized carbons (Fsp3) is 1.00. The van der Waals surface area contributed by atoms with Gasteiger partial charge in [-0.3, -0.25) is 0 Å². The second-order valence-electron chi connectivity index (χ2n) is 5.20. The number of fused-ring (bicyclic) bond motifs is 5. The molecule has 68 valence electrons. The molecule has 2 heteroatoms. The standard InChI is InChI=1S/C10H18N2/c11-9-5-3-7(6-9)8-2-1-4-10(8,9)12/h7-8H,1-6,11-12H2. The fourth-order valence-corrected chi connectivity index (χ4v) is 4.21. The molecule has 12 heavy (non-hydrogen) atoms. The van der Waals surface area contributed by atoms with Crippen LogP contribution in [0.3, 0.4) is 0 Å². The summed E-state index contributed by atoms with van der Waals surface area (Å²) in [4.78, 5) is 0. The number of rotatable bonds is 0. The maximum absolute atomic E-state index is 6.46. The summed E-state index contributed by atoms with van der Waals surface area (Å²) < 4.78 is 0. The van der Waals surface area contributed by atoms with E-state index in [0.717, 1.165) is 11.8 Å². The highest BCUT2D eigenvalue weighted by atomic mass is 15.0. The van der Waals surface area contributed by atoms with E-state index in [1.54, 1.807) is 0 Å². The Hall–Kier alpha value is -0.0800. The van der Waals surface area contributed by atoms with Crippen LogP contribution in [0, 0.1) is 11.8 Å². The van der Waals surface area contributed by atoms with Crippen LogP contribution in [0.25, 0.3) is 0 Å². The quantitative estimate of drug-likeness (QED) is 0.564. The molecule has 2 bridgehead atoms. The Balaban J connectivity index is 2.06. The van der Waals surface area contributed by atoms with Crippen LogP contribution < -0.4 is 11.5 Å². The van der Waals surface area contributed by atoms with Crippen molar-refractivity contribution in [3.05, 3.63) is 0 Å². The zero-order valence-electron chi connectivity index (χ0n) is 7.55. The molecule has 0 spiro atoms. The van der Waals surface area contributed by atoms with Gasteiger partial charge in [0.2, 0.25) is 0 Å². The topological polar surface area (TPSA) is 52.0 Å². The van der Waals surface area contributed by atoms with Crippen molar-refractivity contribution in [1.29, 1.82) is 0 Å². The molecule has 0 saturated heterocycles. The van der Waals surface area contributed by atoms with Gasteiger partial charge in [0.15, 0.2) is 0 Å². The van der Waals surface area contributed by atoms with Gasteiger partial charge in [-0.25, -0.2) is 0 Å². The fourth-order valence-electron chi connectivity index (χ4n) is 4.21. The summed E-state index contributed by atoms with van der Waals surface area (Å²) in [6, 6.07) is 0. The molecule has 4 atom stereocenters. The summed E-state index contributed by atoms with van der Waals surface area (Å²) >= 11 is 0. The van der Waals surface area contributed by atoms with Crippen molar-refractivity contribution in [3.63, 3.8) is 0 Å². The lowest BCUT2D eigenvalue weighted by atomic mass is 9.72. The molecule has 2 nitrogen and oxygen atoms in total. The number of hydrogen-bond donors (Lipinski definition) is 2. The Morgan fingerprint density at radius 1 is 1.08 bits per heavy atom. The van der Waals surface area contributed by atoms with Crippen molar-refractivity contribution < 1.29 is 0 Å². The molecule has 3 rings (SSSR count). The van der Waals surface area contributed by atoms with Crippen LogP contribution in [0.2, 0.25) is 0 Å². The van der Waals surface area contributed by atoms with Gasteiger partial charge in [0.25, 0.3) is 0 Å². The van der Waals surface area contributed by atoms with Crippen LogP contribution >= 0.6 is 0 Å². The first-order chi connectivity index (χ1) is 5.66. The minimum atomic E-state index is 0.0266. The van der Waals surface area contributed by atoms with Crippen LogP contribution in [0.5, 0.6) is 0 Å². The molecule has 0 aromatic carbocycles. The van der Waals surface area contributed by atoms with Gasteiger partial charge in [-0.1, -0.05) is 6.42 Å². The van der Waals surface area contributed by atoms with Crippen LogP contribution in [0.15, 0.2) is 0 Å². The molecule has 0 heterocycles. The zero-order chi connectivity index (χ0) is 8.40. The maximum atomic E-state index is 6.46. The van der Waals surface area contributed by atoms with E-state index < -0.39 is 0 Å². The average molecular weight is 166 g/mol. The maximum Gasteiger partial charge on any atom is 0.0368 e. The highest BCUT2D eigenvalue weighted by Crippen LogP contribution is 2.60. The van der Waals surface area contributed by atoms with E-state index in [2.05, 4.69) is 0 Å². The van der Waals surface area contributed by atoms with E-state index in [4.69, 9.17) is 11.5 Å². The van der Waals surface area contributed by atoms with Crippen molar-refractivity contribution in [3.8, 4) is 0 Å². The molecule has 3 aliphatic rings. The summed E-state index contributed by atoms with van der Waals surface area (Å²) in [5.74, 6) is 1.65. The molecule has 0 aliphatic heterocycles. The predicted octanol–water partition coefficient (Wildman–Crippen LogP) is 0.995. The molecule has 0 amide bonds. The van der Waals surface area contributed by atoms with Crippen molar-refractivity contribution in [2.24, 2.45) is 23.3 Å². The van der Waals surface area contributed by atoms with Crippen molar-refractivity contribution in [2.45, 2.75) is 49.6 Å². The molecular formula is C10H18N2. The van der Waals surface area contributed by atoms with E-state index in [1.807, 2.05) is 0 Å². The first-order valence-corrected chi connectivity index (χ1v) is 5.23. The van der Waals surface area contributed by atoms with Crippen LogP contribution in [0.4, 0.5) is 0 Å². The van der Waals surface area contributed by atoms with Gasteiger partial charge < -0.3 is 11.5 Å². The minimum absolute atomic E-state index is 0.0266. The van der Waals surface area contributed by atoms with Crippen molar-refractivity contribution in [2.75, 3.05) is 0 Å². The molecular weight excluding hydrogens is 148 g/mol. The summed E-state index contributed by atoms with van der Waals surface area (Å²) in [6.07, 6.45) is 7.60. The van der Waals surface area contributed by atoms with Gasteiger partial charge in [0.05, 0.1) is 0 Å². The van der Waals surface area contributed by atoms with Gasteiger partial charge in [-0.2, -0.15) is 0 Å². The largest absolute Gasteiger partial charge is 0.324 e. The second-order valence-corrected chi connectivity index (χ2v) is 5.20. The predicted molar refractivity (Wildman–Crippen MR) is 48.5 cm³/mol. The highest BCUT2D eigenvalue weighted by molar-refractivity contribution is 5.23. The van der Waals surface area contributed by atoms with Crippen LogP contribution in [0.1, 0.15) is 38.5 Å².